The summed E-state index contributed by atoms with van der Waals surface area (Å²) in [4.78, 5) is 21.0. The van der Waals surface area contributed by atoms with Crippen molar-refractivity contribution < 1.29 is 4.79 Å². The van der Waals surface area contributed by atoms with E-state index in [1.54, 1.807) is 30.5 Å². The molecule has 0 saturated heterocycles. The maximum absolute atomic E-state index is 12.3. The number of nitrogens with zero attached hydrogens (tertiary/aromatic N) is 2. The Labute approximate surface area is 150 Å². The van der Waals surface area contributed by atoms with E-state index >= 15 is 0 Å². The molecule has 0 spiro atoms. The van der Waals surface area contributed by atoms with Gasteiger partial charge in [0.05, 0.1) is 11.7 Å². The van der Waals surface area contributed by atoms with E-state index in [0.29, 0.717) is 15.8 Å². The van der Waals surface area contributed by atoms with Crippen molar-refractivity contribution in [3.63, 3.8) is 0 Å². The number of aliphatic imine (C=N–C) groups is 1. The first-order valence-electron chi connectivity index (χ1n) is 7.39. The van der Waals surface area contributed by atoms with Gasteiger partial charge in [-0.3, -0.25) is 14.8 Å². The average molecular weight is 360 g/mol. The predicted octanol–water partition coefficient (Wildman–Crippen LogP) is 3.72. The van der Waals surface area contributed by atoms with Gasteiger partial charge in [-0.05, 0) is 42.8 Å². The van der Waals surface area contributed by atoms with Crippen molar-refractivity contribution >= 4 is 34.3 Å². The first-order valence-corrected chi connectivity index (χ1v) is 8.14. The quantitative estimate of drug-likeness (QED) is 0.906. The largest absolute Gasteiger partial charge is 0.369 e. The minimum Gasteiger partial charge on any atom is -0.369 e. The van der Waals surface area contributed by atoms with Crippen LogP contribution < -0.4 is 5.73 Å². The predicted molar refractivity (Wildman–Crippen MR) is 97.4 cm³/mol. The number of benzene rings is 1. The van der Waals surface area contributed by atoms with Gasteiger partial charge in [-0.2, -0.15) is 0 Å². The van der Waals surface area contributed by atoms with Gasteiger partial charge < -0.3 is 5.73 Å². The molecule has 3 rings (SSSR count). The van der Waals surface area contributed by atoms with Crippen molar-refractivity contribution in [3.05, 3.63) is 65.3 Å². The fraction of sp³-hybridized carbons (Fsp3) is 0.167. The van der Waals surface area contributed by atoms with Crippen LogP contribution in [0.3, 0.4) is 0 Å². The third-order valence-electron chi connectivity index (χ3n) is 4.25. The zero-order chi connectivity index (χ0) is 17.3. The fourth-order valence-corrected chi connectivity index (χ4v) is 3.36. The van der Waals surface area contributed by atoms with E-state index in [1.165, 1.54) is 0 Å². The Hall–Kier alpha value is -2.17. The molecule has 2 N–H and O–H groups in total. The summed E-state index contributed by atoms with van der Waals surface area (Å²) in [6.45, 7) is 1.81. The number of carbonyl (C=O) groups excluding carboxylic acids is 1. The van der Waals surface area contributed by atoms with Crippen LogP contribution in [0, 0.1) is 0 Å². The molecule has 0 bridgehead atoms. The second kappa shape index (κ2) is 6.38. The number of dihydropyridines is 1. The Morgan fingerprint density at radius 2 is 2.04 bits per heavy atom. The van der Waals surface area contributed by atoms with Crippen LogP contribution in [0.4, 0.5) is 0 Å². The molecule has 1 aliphatic heterocycles. The third kappa shape index (κ3) is 2.72. The molecule has 0 radical (unpaired) electrons. The molecule has 6 heteroatoms. The van der Waals surface area contributed by atoms with Gasteiger partial charge >= 0.3 is 0 Å². The lowest BCUT2D eigenvalue weighted by atomic mass is 9.72. The van der Waals surface area contributed by atoms with Crippen LogP contribution in [0.25, 0.3) is 11.3 Å². The summed E-state index contributed by atoms with van der Waals surface area (Å²) in [5, 5.41) is 0.893. The molecule has 1 aromatic carbocycles. The Kier molecular flexibility index (Phi) is 4.43. The number of primary amides is 1. The molecule has 1 aromatic heterocycles. The van der Waals surface area contributed by atoms with Crippen molar-refractivity contribution in [3.8, 4) is 11.3 Å². The number of rotatable bonds is 3. The molecule has 4 nitrogen and oxygen atoms in total. The molecule has 1 aliphatic rings. The number of pyridine rings is 1. The first kappa shape index (κ1) is 16.7. The Morgan fingerprint density at radius 3 is 2.67 bits per heavy atom. The third-order valence-corrected chi connectivity index (χ3v) is 4.81. The fourth-order valence-electron chi connectivity index (χ4n) is 2.94. The highest BCUT2D eigenvalue weighted by Gasteiger charge is 2.43. The second-order valence-electron chi connectivity index (χ2n) is 5.60. The molecule has 122 valence electrons. The number of halogens is 2. The van der Waals surface area contributed by atoms with Crippen molar-refractivity contribution in [2.45, 2.75) is 18.4 Å². The van der Waals surface area contributed by atoms with Gasteiger partial charge in [-0.15, -0.1) is 0 Å². The molecule has 2 heterocycles. The van der Waals surface area contributed by atoms with Gasteiger partial charge in [0.2, 0.25) is 5.91 Å². The number of hydrogen-bond acceptors (Lipinski definition) is 3. The van der Waals surface area contributed by atoms with Crippen molar-refractivity contribution in [1.82, 2.24) is 4.98 Å². The molecule has 2 unspecified atom stereocenters. The van der Waals surface area contributed by atoms with Crippen molar-refractivity contribution in [2.75, 3.05) is 0 Å². The van der Waals surface area contributed by atoms with Crippen LogP contribution in [0.15, 0.2) is 59.7 Å². The zero-order valence-corrected chi connectivity index (χ0v) is 14.4. The van der Waals surface area contributed by atoms with Crippen LogP contribution in [0.1, 0.15) is 12.5 Å². The number of hydrogen-bond donors (Lipinski definition) is 1. The molecule has 0 aliphatic carbocycles. The second-order valence-corrected chi connectivity index (χ2v) is 6.40. The molecular weight excluding hydrogens is 345 g/mol. The lowest BCUT2D eigenvalue weighted by molar-refractivity contribution is -0.122. The molecule has 2 atom stereocenters. The highest BCUT2D eigenvalue weighted by Crippen LogP contribution is 2.38. The summed E-state index contributed by atoms with van der Waals surface area (Å²) in [6, 6.07) is 10.5. The maximum Gasteiger partial charge on any atom is 0.234 e. The van der Waals surface area contributed by atoms with Gasteiger partial charge in [-0.25, -0.2) is 0 Å². The van der Waals surface area contributed by atoms with Crippen molar-refractivity contribution in [1.29, 1.82) is 0 Å². The lowest BCUT2D eigenvalue weighted by Gasteiger charge is -2.34. The van der Waals surface area contributed by atoms with E-state index in [4.69, 9.17) is 28.9 Å². The average Bonchev–Trinajstić information content (AvgIpc) is 2.56. The van der Waals surface area contributed by atoms with E-state index in [2.05, 4.69) is 9.98 Å². The normalized spacial score (nSPS) is 23.0. The van der Waals surface area contributed by atoms with Crippen LogP contribution in [-0.4, -0.2) is 22.1 Å². The summed E-state index contributed by atoms with van der Waals surface area (Å²) < 4.78 is 0. The topological polar surface area (TPSA) is 68.3 Å². The van der Waals surface area contributed by atoms with E-state index in [9.17, 15) is 4.79 Å². The summed E-state index contributed by atoms with van der Waals surface area (Å²) in [6.07, 6.45) is 5.00. The van der Waals surface area contributed by atoms with Gasteiger partial charge in [0, 0.05) is 16.8 Å². The van der Waals surface area contributed by atoms with E-state index in [1.807, 2.05) is 31.2 Å². The number of aromatic nitrogens is 1. The molecular formula is C18H15Cl2N3O. The SMILES string of the molecule is CC1N=C(Cl)C=CC1(C(N)=O)c1ccc(Cl)c(-c2ccccn2)c1. The standard InChI is InChI=1S/C18H15Cl2N3O/c1-11-18(17(21)24,8-7-16(20)23-11)12-5-6-14(19)13(10-12)15-4-2-3-9-22-15/h2-11H,1H3,(H2,21,24). The number of carbonyl (C=O) groups is 1. The Morgan fingerprint density at radius 1 is 1.25 bits per heavy atom. The van der Waals surface area contributed by atoms with Gasteiger partial charge in [-0.1, -0.05) is 41.4 Å². The van der Waals surface area contributed by atoms with Crippen LogP contribution in [0.5, 0.6) is 0 Å². The molecule has 0 saturated carbocycles. The zero-order valence-electron chi connectivity index (χ0n) is 12.9. The van der Waals surface area contributed by atoms with Crippen LogP contribution >= 0.6 is 23.2 Å². The number of nitrogens with two attached hydrogens (primary N) is 1. The van der Waals surface area contributed by atoms with Crippen molar-refractivity contribution in [2.24, 2.45) is 10.7 Å². The summed E-state index contributed by atoms with van der Waals surface area (Å²) in [7, 11) is 0. The first-order chi connectivity index (χ1) is 11.4. The number of amides is 1. The van der Waals surface area contributed by atoms with Gasteiger partial charge in [0.1, 0.15) is 10.6 Å². The van der Waals surface area contributed by atoms with E-state index in [0.717, 1.165) is 11.3 Å². The van der Waals surface area contributed by atoms with Gasteiger partial charge in [0.25, 0.3) is 0 Å². The highest BCUT2D eigenvalue weighted by molar-refractivity contribution is 6.68. The maximum atomic E-state index is 12.3. The van der Waals surface area contributed by atoms with Gasteiger partial charge in [0.15, 0.2) is 0 Å². The molecule has 2 aromatic rings. The van der Waals surface area contributed by atoms with Crippen LogP contribution in [0.2, 0.25) is 5.02 Å². The monoisotopic (exact) mass is 359 g/mol. The van der Waals surface area contributed by atoms with E-state index < -0.39 is 17.4 Å². The minimum atomic E-state index is -1.08. The molecule has 1 amide bonds. The summed E-state index contributed by atoms with van der Waals surface area (Å²) in [5.41, 5.74) is 6.83. The molecule has 0 fully saturated rings. The molecule has 24 heavy (non-hydrogen) atoms. The summed E-state index contributed by atoms with van der Waals surface area (Å²) in [5.74, 6) is -0.492. The minimum absolute atomic E-state index is 0.346. The van der Waals surface area contributed by atoms with E-state index in [-0.39, 0.29) is 0 Å². The smallest absolute Gasteiger partial charge is 0.234 e. The van der Waals surface area contributed by atoms with Crippen LogP contribution in [-0.2, 0) is 10.2 Å². The highest BCUT2D eigenvalue weighted by atomic mass is 35.5. The Bertz CT molecular complexity index is 849. The lowest BCUT2D eigenvalue weighted by Crippen LogP contribution is -2.48. The summed E-state index contributed by atoms with van der Waals surface area (Å²) >= 11 is 12.3. The number of allylic oxidation sites excluding steroid dienone is 1. The Balaban J connectivity index is 2.18.